The average Bonchev–Trinajstić information content (AvgIpc) is 2.98. The fourth-order valence-corrected chi connectivity index (χ4v) is 3.56. The van der Waals surface area contributed by atoms with Crippen LogP contribution >= 0.6 is 0 Å². The number of benzene rings is 1. The SMILES string of the molecule is O=S(=O)(c1ccccc1)[C@H]1C[C@@H]1CO. The number of rotatable bonds is 3. The van der Waals surface area contributed by atoms with Gasteiger partial charge >= 0.3 is 0 Å². The van der Waals surface area contributed by atoms with E-state index in [0.29, 0.717) is 11.3 Å². The second-order valence-electron chi connectivity index (χ2n) is 3.57. The van der Waals surface area contributed by atoms with Crippen LogP contribution in [0.3, 0.4) is 0 Å². The molecule has 1 N–H and O–H groups in total. The van der Waals surface area contributed by atoms with Gasteiger partial charge in [-0.15, -0.1) is 0 Å². The van der Waals surface area contributed by atoms with E-state index in [0.717, 1.165) is 0 Å². The van der Waals surface area contributed by atoms with Crippen molar-refractivity contribution in [1.82, 2.24) is 0 Å². The van der Waals surface area contributed by atoms with E-state index in [4.69, 9.17) is 5.11 Å². The van der Waals surface area contributed by atoms with Crippen molar-refractivity contribution in [2.45, 2.75) is 16.6 Å². The molecule has 0 spiro atoms. The molecule has 1 aromatic rings. The predicted molar refractivity (Wildman–Crippen MR) is 52.6 cm³/mol. The van der Waals surface area contributed by atoms with Gasteiger partial charge in [0.15, 0.2) is 9.84 Å². The van der Waals surface area contributed by atoms with Gasteiger partial charge in [0, 0.05) is 12.5 Å². The van der Waals surface area contributed by atoms with E-state index in [-0.39, 0.29) is 17.8 Å². The maximum Gasteiger partial charge on any atom is 0.181 e. The maximum absolute atomic E-state index is 11.9. The van der Waals surface area contributed by atoms with Crippen LogP contribution in [-0.4, -0.2) is 25.4 Å². The summed E-state index contributed by atoms with van der Waals surface area (Å²) in [5, 5.41) is 8.46. The van der Waals surface area contributed by atoms with Crippen LogP contribution in [0, 0.1) is 5.92 Å². The first-order valence-electron chi connectivity index (χ1n) is 4.56. The van der Waals surface area contributed by atoms with E-state index in [1.165, 1.54) is 0 Å². The van der Waals surface area contributed by atoms with Crippen molar-refractivity contribution in [3.8, 4) is 0 Å². The zero-order valence-corrected chi connectivity index (χ0v) is 8.44. The number of aliphatic hydroxyl groups excluding tert-OH is 1. The molecular formula is C10H12O3S. The highest BCUT2D eigenvalue weighted by molar-refractivity contribution is 7.92. The van der Waals surface area contributed by atoms with E-state index in [2.05, 4.69) is 0 Å². The standard InChI is InChI=1S/C10H12O3S/c11-7-8-6-10(8)14(12,13)9-4-2-1-3-5-9/h1-5,8,10-11H,6-7H2/t8-,10+/m1/s1. The summed E-state index contributed by atoms with van der Waals surface area (Å²) in [7, 11) is -3.19. The van der Waals surface area contributed by atoms with Crippen molar-refractivity contribution < 1.29 is 13.5 Å². The van der Waals surface area contributed by atoms with Crippen LogP contribution in [0.4, 0.5) is 0 Å². The molecular weight excluding hydrogens is 200 g/mol. The first kappa shape index (κ1) is 9.68. The zero-order valence-electron chi connectivity index (χ0n) is 7.63. The number of aliphatic hydroxyl groups is 1. The van der Waals surface area contributed by atoms with Gasteiger partial charge in [0.2, 0.25) is 0 Å². The lowest BCUT2D eigenvalue weighted by atomic mass is 10.4. The highest BCUT2D eigenvalue weighted by Gasteiger charge is 2.47. The van der Waals surface area contributed by atoms with Crippen molar-refractivity contribution in [2.24, 2.45) is 5.92 Å². The summed E-state index contributed by atoms with van der Waals surface area (Å²) in [6.45, 7) is -0.0310. The molecule has 1 fully saturated rings. The smallest absolute Gasteiger partial charge is 0.181 e. The first-order chi connectivity index (χ1) is 6.66. The van der Waals surface area contributed by atoms with Gasteiger partial charge in [0.25, 0.3) is 0 Å². The van der Waals surface area contributed by atoms with Crippen molar-refractivity contribution in [3.63, 3.8) is 0 Å². The van der Waals surface area contributed by atoms with Gasteiger partial charge in [0.1, 0.15) is 0 Å². The molecule has 0 saturated heterocycles. The zero-order chi connectivity index (χ0) is 10.2. The Labute approximate surface area is 83.3 Å². The Hall–Kier alpha value is -0.870. The highest BCUT2D eigenvalue weighted by atomic mass is 32.2. The van der Waals surface area contributed by atoms with Crippen LogP contribution in [0.15, 0.2) is 35.2 Å². The van der Waals surface area contributed by atoms with E-state index < -0.39 is 9.84 Å². The van der Waals surface area contributed by atoms with E-state index >= 15 is 0 Å². The molecule has 1 saturated carbocycles. The van der Waals surface area contributed by atoms with Crippen LogP contribution in [0.2, 0.25) is 0 Å². The molecule has 1 aliphatic carbocycles. The van der Waals surface area contributed by atoms with E-state index in [1.807, 2.05) is 0 Å². The highest BCUT2D eigenvalue weighted by Crippen LogP contribution is 2.39. The second kappa shape index (κ2) is 3.37. The third-order valence-electron chi connectivity index (χ3n) is 2.56. The molecule has 2 atom stereocenters. The van der Waals surface area contributed by atoms with Crippen LogP contribution in [0.1, 0.15) is 6.42 Å². The maximum atomic E-state index is 11.9. The van der Waals surface area contributed by atoms with Crippen LogP contribution in [0.25, 0.3) is 0 Å². The summed E-state index contributed by atoms with van der Waals surface area (Å²) in [6, 6.07) is 8.41. The largest absolute Gasteiger partial charge is 0.396 e. The minimum absolute atomic E-state index is 0.0310. The Morgan fingerprint density at radius 3 is 2.43 bits per heavy atom. The van der Waals surface area contributed by atoms with Crippen LogP contribution in [-0.2, 0) is 9.84 Å². The first-order valence-corrected chi connectivity index (χ1v) is 6.10. The number of hydrogen-bond donors (Lipinski definition) is 1. The predicted octanol–water partition coefficient (Wildman–Crippen LogP) is 0.841. The van der Waals surface area contributed by atoms with Crippen molar-refractivity contribution in [3.05, 3.63) is 30.3 Å². The molecule has 0 bridgehead atoms. The summed E-state index contributed by atoms with van der Waals surface area (Å²) >= 11 is 0. The molecule has 1 aromatic carbocycles. The normalized spacial score (nSPS) is 26.1. The summed E-state index contributed by atoms with van der Waals surface area (Å²) in [6.07, 6.45) is 0.591. The lowest BCUT2D eigenvalue weighted by molar-refractivity contribution is 0.277. The fourth-order valence-electron chi connectivity index (χ4n) is 1.58. The Morgan fingerprint density at radius 2 is 1.93 bits per heavy atom. The molecule has 0 amide bonds. The molecule has 0 radical (unpaired) electrons. The summed E-state index contributed by atoms with van der Waals surface area (Å²) < 4.78 is 23.7. The number of sulfone groups is 1. The molecule has 4 heteroatoms. The lowest BCUT2D eigenvalue weighted by Gasteiger charge is -2.01. The van der Waals surface area contributed by atoms with Crippen molar-refractivity contribution >= 4 is 9.84 Å². The van der Waals surface area contributed by atoms with Gasteiger partial charge in [-0.05, 0) is 18.6 Å². The quantitative estimate of drug-likeness (QED) is 0.807. The monoisotopic (exact) mass is 212 g/mol. The molecule has 2 rings (SSSR count). The summed E-state index contributed by atoms with van der Waals surface area (Å²) in [5.74, 6) is -0.0554. The fraction of sp³-hybridized carbons (Fsp3) is 0.400. The third-order valence-corrected chi connectivity index (χ3v) is 4.87. The third kappa shape index (κ3) is 1.55. The molecule has 3 nitrogen and oxygen atoms in total. The molecule has 14 heavy (non-hydrogen) atoms. The van der Waals surface area contributed by atoms with Gasteiger partial charge in [0.05, 0.1) is 10.1 Å². The minimum Gasteiger partial charge on any atom is -0.396 e. The van der Waals surface area contributed by atoms with Gasteiger partial charge in [-0.25, -0.2) is 8.42 Å². The molecule has 0 heterocycles. The van der Waals surface area contributed by atoms with Gasteiger partial charge < -0.3 is 5.11 Å². The molecule has 0 aliphatic heterocycles. The Balaban J connectivity index is 2.27. The van der Waals surface area contributed by atoms with Gasteiger partial charge in [-0.1, -0.05) is 18.2 Å². The average molecular weight is 212 g/mol. The Kier molecular flexibility index (Phi) is 2.33. The van der Waals surface area contributed by atoms with Crippen molar-refractivity contribution in [1.29, 1.82) is 0 Å². The number of hydrogen-bond acceptors (Lipinski definition) is 3. The van der Waals surface area contributed by atoms with E-state index in [1.54, 1.807) is 30.3 Å². The molecule has 0 unspecified atom stereocenters. The summed E-state index contributed by atoms with van der Waals surface area (Å²) in [5.41, 5.74) is 0. The van der Waals surface area contributed by atoms with Crippen LogP contribution in [0.5, 0.6) is 0 Å². The molecule has 76 valence electrons. The summed E-state index contributed by atoms with van der Waals surface area (Å²) in [4.78, 5) is 0.362. The Morgan fingerprint density at radius 1 is 1.29 bits per heavy atom. The lowest BCUT2D eigenvalue weighted by Crippen LogP contribution is -2.10. The van der Waals surface area contributed by atoms with Gasteiger partial charge in [-0.2, -0.15) is 0 Å². The minimum atomic E-state index is -3.19. The van der Waals surface area contributed by atoms with Gasteiger partial charge in [-0.3, -0.25) is 0 Å². The van der Waals surface area contributed by atoms with E-state index in [9.17, 15) is 8.42 Å². The molecule has 0 aromatic heterocycles. The Bertz CT molecular complexity index is 410. The second-order valence-corrected chi connectivity index (χ2v) is 5.74. The van der Waals surface area contributed by atoms with Crippen molar-refractivity contribution in [2.75, 3.05) is 6.61 Å². The molecule has 1 aliphatic rings. The topological polar surface area (TPSA) is 54.4 Å². The van der Waals surface area contributed by atoms with Crippen LogP contribution < -0.4 is 0 Å².